The lowest BCUT2D eigenvalue weighted by Gasteiger charge is -2.16. The molecule has 0 heterocycles. The van der Waals surface area contributed by atoms with Crippen LogP contribution < -0.4 is 10.1 Å². The first kappa shape index (κ1) is 16.9. The number of hydrogen-bond donors (Lipinski definition) is 2. The van der Waals surface area contributed by atoms with E-state index in [-0.39, 0.29) is 25.0 Å². The van der Waals surface area contributed by atoms with E-state index in [4.69, 9.17) is 9.47 Å². The van der Waals surface area contributed by atoms with Gasteiger partial charge in [0.05, 0.1) is 6.61 Å². The molecule has 0 aromatic heterocycles. The lowest BCUT2D eigenvalue weighted by atomic mass is 10.1. The normalized spacial score (nSPS) is 14.1. The van der Waals surface area contributed by atoms with Crippen molar-refractivity contribution in [3.05, 3.63) is 29.6 Å². The van der Waals surface area contributed by atoms with Crippen molar-refractivity contribution in [1.82, 2.24) is 5.32 Å². The van der Waals surface area contributed by atoms with E-state index in [0.29, 0.717) is 0 Å². The molecule has 0 aliphatic rings. The molecule has 114 valence electrons. The fraction of sp³-hybridized carbons (Fsp3) is 0.600. The molecule has 0 saturated heterocycles. The summed E-state index contributed by atoms with van der Waals surface area (Å²) in [6.45, 7) is 5.14. The van der Waals surface area contributed by atoms with Crippen molar-refractivity contribution < 1.29 is 19.0 Å². The second kappa shape index (κ2) is 8.89. The lowest BCUT2D eigenvalue weighted by molar-refractivity contribution is 0.0316. The van der Waals surface area contributed by atoms with Gasteiger partial charge in [0.25, 0.3) is 0 Å². The van der Waals surface area contributed by atoms with E-state index in [1.54, 1.807) is 6.07 Å². The molecule has 1 rings (SSSR count). The van der Waals surface area contributed by atoms with Crippen LogP contribution in [0.2, 0.25) is 0 Å². The molecule has 2 N–H and O–H groups in total. The third-order valence-corrected chi connectivity index (χ3v) is 2.95. The van der Waals surface area contributed by atoms with E-state index in [9.17, 15) is 9.50 Å². The monoisotopic (exact) mass is 285 g/mol. The van der Waals surface area contributed by atoms with Crippen LogP contribution in [0, 0.1) is 5.82 Å². The Bertz CT molecular complexity index is 401. The topological polar surface area (TPSA) is 50.7 Å². The van der Waals surface area contributed by atoms with Gasteiger partial charge in [-0.1, -0.05) is 13.0 Å². The third-order valence-electron chi connectivity index (χ3n) is 2.95. The van der Waals surface area contributed by atoms with Gasteiger partial charge in [0, 0.05) is 13.2 Å². The SMILES string of the molecule is CCCNC(C)c1ccc(OCC(O)COC)c(F)c1. The Morgan fingerprint density at radius 1 is 1.35 bits per heavy atom. The first-order chi connectivity index (χ1) is 9.58. The van der Waals surface area contributed by atoms with Crippen LogP contribution in [-0.2, 0) is 4.74 Å². The molecule has 0 fully saturated rings. The second-order valence-electron chi connectivity index (χ2n) is 4.79. The predicted octanol–water partition coefficient (Wildman–Crippen LogP) is 2.27. The molecule has 2 atom stereocenters. The Balaban J connectivity index is 2.59. The van der Waals surface area contributed by atoms with Crippen molar-refractivity contribution in [3.8, 4) is 5.75 Å². The summed E-state index contributed by atoms with van der Waals surface area (Å²) in [5.41, 5.74) is 0.876. The number of hydrogen-bond acceptors (Lipinski definition) is 4. The van der Waals surface area contributed by atoms with Gasteiger partial charge in [-0.3, -0.25) is 0 Å². The van der Waals surface area contributed by atoms with Gasteiger partial charge < -0.3 is 19.9 Å². The highest BCUT2D eigenvalue weighted by atomic mass is 19.1. The second-order valence-corrected chi connectivity index (χ2v) is 4.79. The maximum absolute atomic E-state index is 13.9. The summed E-state index contributed by atoms with van der Waals surface area (Å²) in [4.78, 5) is 0. The van der Waals surface area contributed by atoms with Crippen molar-refractivity contribution in [1.29, 1.82) is 0 Å². The Hall–Kier alpha value is -1.17. The zero-order valence-corrected chi connectivity index (χ0v) is 12.4. The van der Waals surface area contributed by atoms with Gasteiger partial charge in [0.2, 0.25) is 0 Å². The Morgan fingerprint density at radius 2 is 2.10 bits per heavy atom. The number of ether oxygens (including phenoxy) is 2. The smallest absolute Gasteiger partial charge is 0.165 e. The fourth-order valence-electron chi connectivity index (χ4n) is 1.81. The molecule has 1 aromatic carbocycles. The van der Waals surface area contributed by atoms with Crippen LogP contribution in [0.1, 0.15) is 31.9 Å². The first-order valence-electron chi connectivity index (χ1n) is 6.91. The highest BCUT2D eigenvalue weighted by molar-refractivity contribution is 5.30. The molecular formula is C15H24FNO3. The number of halogens is 1. The van der Waals surface area contributed by atoms with Gasteiger partial charge >= 0.3 is 0 Å². The summed E-state index contributed by atoms with van der Waals surface area (Å²) in [6, 6.07) is 4.98. The zero-order valence-electron chi connectivity index (χ0n) is 12.4. The minimum absolute atomic E-state index is 0.00768. The van der Waals surface area contributed by atoms with Crippen molar-refractivity contribution in [3.63, 3.8) is 0 Å². The standard InChI is InChI=1S/C15H24FNO3/c1-4-7-17-11(2)12-5-6-15(14(16)8-12)20-10-13(18)9-19-3/h5-6,8,11,13,17-18H,4,7,9-10H2,1-3H3. The number of aliphatic hydroxyl groups excluding tert-OH is 1. The summed E-state index contributed by atoms with van der Waals surface area (Å²) in [7, 11) is 1.49. The van der Waals surface area contributed by atoms with Crippen LogP contribution in [0.15, 0.2) is 18.2 Å². The number of aliphatic hydroxyl groups is 1. The van der Waals surface area contributed by atoms with Gasteiger partial charge in [0.15, 0.2) is 11.6 Å². The van der Waals surface area contributed by atoms with Crippen molar-refractivity contribution in [2.45, 2.75) is 32.4 Å². The maximum atomic E-state index is 13.9. The number of methoxy groups -OCH3 is 1. The minimum atomic E-state index is -0.760. The summed E-state index contributed by atoms with van der Waals surface area (Å²) < 4.78 is 23.9. The van der Waals surface area contributed by atoms with Crippen LogP contribution in [0.4, 0.5) is 4.39 Å². The van der Waals surface area contributed by atoms with Gasteiger partial charge in [0.1, 0.15) is 12.7 Å². The van der Waals surface area contributed by atoms with Crippen LogP contribution >= 0.6 is 0 Å². The van der Waals surface area contributed by atoms with E-state index in [2.05, 4.69) is 12.2 Å². The van der Waals surface area contributed by atoms with Gasteiger partial charge in [-0.25, -0.2) is 4.39 Å². The van der Waals surface area contributed by atoms with E-state index in [1.807, 2.05) is 13.0 Å². The molecule has 2 unspecified atom stereocenters. The summed E-state index contributed by atoms with van der Waals surface area (Å²) >= 11 is 0. The van der Waals surface area contributed by atoms with E-state index in [0.717, 1.165) is 18.5 Å². The van der Waals surface area contributed by atoms with Crippen molar-refractivity contribution in [2.24, 2.45) is 0 Å². The van der Waals surface area contributed by atoms with Gasteiger partial charge in [-0.15, -0.1) is 0 Å². The van der Waals surface area contributed by atoms with Crippen molar-refractivity contribution in [2.75, 3.05) is 26.9 Å². The average Bonchev–Trinajstić information content (AvgIpc) is 2.43. The van der Waals surface area contributed by atoms with E-state index < -0.39 is 11.9 Å². The molecule has 0 saturated carbocycles. The summed E-state index contributed by atoms with van der Waals surface area (Å²) in [5.74, 6) is -0.274. The third kappa shape index (κ3) is 5.45. The van der Waals surface area contributed by atoms with E-state index in [1.165, 1.54) is 13.2 Å². The molecule has 20 heavy (non-hydrogen) atoms. The largest absolute Gasteiger partial charge is 0.488 e. The molecule has 0 bridgehead atoms. The zero-order chi connectivity index (χ0) is 15.0. The average molecular weight is 285 g/mol. The molecule has 0 amide bonds. The molecule has 0 aliphatic carbocycles. The lowest BCUT2D eigenvalue weighted by Crippen LogP contribution is -2.23. The van der Waals surface area contributed by atoms with Crippen LogP contribution in [0.25, 0.3) is 0 Å². The van der Waals surface area contributed by atoms with Crippen molar-refractivity contribution >= 4 is 0 Å². The highest BCUT2D eigenvalue weighted by Crippen LogP contribution is 2.22. The fourth-order valence-corrected chi connectivity index (χ4v) is 1.81. The molecule has 4 nitrogen and oxygen atoms in total. The minimum Gasteiger partial charge on any atom is -0.488 e. The van der Waals surface area contributed by atoms with Gasteiger partial charge in [-0.05, 0) is 37.6 Å². The molecule has 5 heteroatoms. The Kier molecular flexibility index (Phi) is 7.51. The quantitative estimate of drug-likeness (QED) is 0.731. The summed E-state index contributed by atoms with van der Waals surface area (Å²) in [5, 5.41) is 12.8. The number of benzene rings is 1. The van der Waals surface area contributed by atoms with Gasteiger partial charge in [-0.2, -0.15) is 0 Å². The first-order valence-corrected chi connectivity index (χ1v) is 6.91. The molecule has 1 aromatic rings. The number of rotatable bonds is 9. The number of nitrogens with one attached hydrogen (secondary N) is 1. The summed E-state index contributed by atoms with van der Waals surface area (Å²) in [6.07, 6.45) is 0.273. The van der Waals surface area contributed by atoms with Crippen LogP contribution in [0.5, 0.6) is 5.75 Å². The molecule has 0 aliphatic heterocycles. The maximum Gasteiger partial charge on any atom is 0.165 e. The highest BCUT2D eigenvalue weighted by Gasteiger charge is 2.11. The van der Waals surface area contributed by atoms with E-state index >= 15 is 0 Å². The molecule has 0 radical (unpaired) electrons. The Morgan fingerprint density at radius 3 is 2.70 bits per heavy atom. The molecule has 0 spiro atoms. The van der Waals surface area contributed by atoms with Crippen LogP contribution in [-0.4, -0.2) is 38.1 Å². The Labute approximate surface area is 119 Å². The predicted molar refractivity (Wildman–Crippen MR) is 76.5 cm³/mol. The molecular weight excluding hydrogens is 261 g/mol. The van der Waals surface area contributed by atoms with Crippen LogP contribution in [0.3, 0.4) is 0 Å².